The van der Waals surface area contributed by atoms with Crippen LogP contribution < -0.4 is 10.0 Å². The van der Waals surface area contributed by atoms with Crippen molar-refractivity contribution in [3.63, 3.8) is 0 Å². The molecule has 11 heteroatoms. The van der Waals surface area contributed by atoms with Gasteiger partial charge in [0.1, 0.15) is 0 Å². The van der Waals surface area contributed by atoms with Crippen molar-refractivity contribution in [3.8, 4) is 0 Å². The molecule has 0 unspecified atom stereocenters. The van der Waals surface area contributed by atoms with Crippen LogP contribution in [0.4, 0.5) is 18.9 Å². The zero-order valence-corrected chi connectivity index (χ0v) is 13.3. The standard InChI is InChI=1S/C14H12F3N5O2S/c15-14(16,17)20-10-4-1-3-9(7-10)8-19-25(23,24)13-11-5-2-6-18-12(11)21-22-13/h1-7,19-20H,8H2,(H,18,21,22). The minimum absolute atomic E-state index is 0.153. The molecule has 2 aromatic heterocycles. The minimum atomic E-state index is -4.57. The zero-order valence-electron chi connectivity index (χ0n) is 12.5. The zero-order chi connectivity index (χ0) is 18.1. The first-order valence-electron chi connectivity index (χ1n) is 6.97. The van der Waals surface area contributed by atoms with E-state index in [0.717, 1.165) is 0 Å². The molecule has 132 valence electrons. The molecule has 0 spiro atoms. The summed E-state index contributed by atoms with van der Waals surface area (Å²) in [4.78, 5) is 3.93. The highest BCUT2D eigenvalue weighted by molar-refractivity contribution is 7.89. The van der Waals surface area contributed by atoms with E-state index >= 15 is 0 Å². The summed E-state index contributed by atoms with van der Waals surface area (Å²) < 4.78 is 64.1. The number of anilines is 1. The molecule has 2 heterocycles. The highest BCUT2D eigenvalue weighted by Crippen LogP contribution is 2.21. The van der Waals surface area contributed by atoms with E-state index in [1.165, 1.54) is 35.8 Å². The van der Waals surface area contributed by atoms with Crippen LogP contribution in [0.3, 0.4) is 0 Å². The molecule has 3 N–H and O–H groups in total. The fourth-order valence-electron chi connectivity index (χ4n) is 2.21. The molecule has 0 bridgehead atoms. The molecule has 0 aliphatic carbocycles. The van der Waals surface area contributed by atoms with Gasteiger partial charge in [0.2, 0.25) is 0 Å². The summed E-state index contributed by atoms with van der Waals surface area (Å²) in [5.41, 5.74) is 0.430. The van der Waals surface area contributed by atoms with E-state index in [2.05, 4.69) is 19.9 Å². The highest BCUT2D eigenvalue weighted by atomic mass is 32.2. The number of hydrogen-bond donors (Lipinski definition) is 3. The maximum atomic E-state index is 12.4. The molecule has 0 radical (unpaired) electrons. The van der Waals surface area contributed by atoms with Gasteiger partial charge in [-0.2, -0.15) is 18.3 Å². The molecule has 0 aliphatic rings. The fraction of sp³-hybridized carbons (Fsp3) is 0.143. The second-order valence-corrected chi connectivity index (χ2v) is 6.78. The lowest BCUT2D eigenvalue weighted by molar-refractivity contribution is -0.0999. The van der Waals surface area contributed by atoms with Gasteiger partial charge < -0.3 is 0 Å². The molecule has 0 saturated heterocycles. The van der Waals surface area contributed by atoms with Crippen LogP contribution in [0.1, 0.15) is 5.56 Å². The molecule has 1 aromatic carbocycles. The molecule has 0 aliphatic heterocycles. The highest BCUT2D eigenvalue weighted by Gasteiger charge is 2.27. The molecular formula is C14H12F3N5O2S. The Morgan fingerprint density at radius 2 is 1.96 bits per heavy atom. The van der Waals surface area contributed by atoms with Crippen molar-refractivity contribution in [3.05, 3.63) is 48.2 Å². The van der Waals surface area contributed by atoms with Crippen LogP contribution in [-0.2, 0) is 16.6 Å². The van der Waals surface area contributed by atoms with Gasteiger partial charge in [0.15, 0.2) is 10.7 Å². The first-order valence-corrected chi connectivity index (χ1v) is 8.45. The maximum Gasteiger partial charge on any atom is 0.482 e. The lowest BCUT2D eigenvalue weighted by Gasteiger charge is -2.11. The number of sulfonamides is 1. The summed E-state index contributed by atoms with van der Waals surface area (Å²) in [7, 11) is -3.94. The molecule has 0 fully saturated rings. The summed E-state index contributed by atoms with van der Waals surface area (Å²) >= 11 is 0. The molecule has 7 nitrogen and oxygen atoms in total. The number of pyridine rings is 1. The van der Waals surface area contributed by atoms with Crippen molar-refractivity contribution in [2.45, 2.75) is 17.9 Å². The molecule has 25 heavy (non-hydrogen) atoms. The van der Waals surface area contributed by atoms with Gasteiger partial charge in [0, 0.05) is 18.4 Å². The molecule has 3 rings (SSSR count). The summed E-state index contributed by atoms with van der Waals surface area (Å²) in [5, 5.41) is 7.75. The largest absolute Gasteiger partial charge is 0.482 e. The third-order valence-corrected chi connectivity index (χ3v) is 4.62. The average molecular weight is 371 g/mol. The summed E-state index contributed by atoms with van der Waals surface area (Å²) in [6.45, 7) is -0.184. The predicted octanol–water partition coefficient (Wildman–Crippen LogP) is 2.37. The van der Waals surface area contributed by atoms with E-state index < -0.39 is 16.3 Å². The summed E-state index contributed by atoms with van der Waals surface area (Å²) in [6, 6.07) is 8.48. The Kier molecular flexibility index (Phi) is 4.35. The number of alkyl halides is 3. The monoisotopic (exact) mass is 371 g/mol. The van der Waals surface area contributed by atoms with Crippen molar-refractivity contribution >= 4 is 26.7 Å². The molecule has 0 saturated carbocycles. The number of nitrogens with zero attached hydrogens (tertiary/aromatic N) is 2. The quantitative estimate of drug-likeness (QED) is 0.598. The van der Waals surface area contributed by atoms with Gasteiger partial charge in [0.05, 0.1) is 5.39 Å². The van der Waals surface area contributed by atoms with Crippen molar-refractivity contribution in [1.82, 2.24) is 19.9 Å². The Balaban J connectivity index is 1.78. The van der Waals surface area contributed by atoms with E-state index in [0.29, 0.717) is 10.9 Å². The average Bonchev–Trinajstić information content (AvgIpc) is 2.97. The Labute approximate surface area is 140 Å². The number of fused-ring (bicyclic) bond motifs is 1. The number of halogens is 3. The summed E-state index contributed by atoms with van der Waals surface area (Å²) in [6.07, 6.45) is -3.09. The van der Waals surface area contributed by atoms with Crippen molar-refractivity contribution in [2.75, 3.05) is 5.32 Å². The van der Waals surface area contributed by atoms with Crippen LogP contribution in [-0.4, -0.2) is 29.9 Å². The third-order valence-electron chi connectivity index (χ3n) is 3.24. The van der Waals surface area contributed by atoms with E-state index in [1.54, 1.807) is 12.1 Å². The van der Waals surface area contributed by atoms with Gasteiger partial charge in [-0.15, -0.1) is 0 Å². The smallest absolute Gasteiger partial charge is 0.297 e. The second kappa shape index (κ2) is 6.33. The van der Waals surface area contributed by atoms with Gasteiger partial charge >= 0.3 is 6.30 Å². The number of hydrogen-bond acceptors (Lipinski definition) is 5. The molecule has 0 amide bonds. The first-order chi connectivity index (χ1) is 11.7. The van der Waals surface area contributed by atoms with Crippen LogP contribution in [0.25, 0.3) is 11.0 Å². The van der Waals surface area contributed by atoms with Crippen LogP contribution in [0.15, 0.2) is 47.6 Å². The second-order valence-electron chi connectivity index (χ2n) is 5.07. The van der Waals surface area contributed by atoms with Gasteiger partial charge in [-0.3, -0.25) is 10.4 Å². The Morgan fingerprint density at radius 1 is 1.16 bits per heavy atom. The van der Waals surface area contributed by atoms with Gasteiger partial charge in [0.25, 0.3) is 10.0 Å². The molecule has 0 atom stereocenters. The van der Waals surface area contributed by atoms with Gasteiger partial charge in [-0.25, -0.2) is 18.1 Å². The number of nitrogens with one attached hydrogen (secondary N) is 3. The number of aromatic nitrogens is 3. The topological polar surface area (TPSA) is 99.8 Å². The predicted molar refractivity (Wildman–Crippen MR) is 84.0 cm³/mol. The van der Waals surface area contributed by atoms with E-state index in [1.807, 2.05) is 0 Å². The van der Waals surface area contributed by atoms with Crippen LogP contribution in [0.2, 0.25) is 0 Å². The Morgan fingerprint density at radius 3 is 2.72 bits per heavy atom. The molecular weight excluding hydrogens is 359 g/mol. The number of benzene rings is 1. The maximum absolute atomic E-state index is 12.4. The Hall–Kier alpha value is -2.66. The minimum Gasteiger partial charge on any atom is -0.297 e. The first kappa shape index (κ1) is 17.2. The summed E-state index contributed by atoms with van der Waals surface area (Å²) in [5.74, 6) is 0. The SMILES string of the molecule is O=S(=O)(NCc1cccc(NC(F)(F)F)c1)c1[nH]nc2ncccc12. The van der Waals surface area contributed by atoms with Crippen LogP contribution in [0.5, 0.6) is 0 Å². The van der Waals surface area contributed by atoms with Crippen molar-refractivity contribution in [1.29, 1.82) is 0 Å². The third kappa shape index (κ3) is 4.06. The van der Waals surface area contributed by atoms with Crippen molar-refractivity contribution < 1.29 is 21.6 Å². The lowest BCUT2D eigenvalue weighted by atomic mass is 10.2. The normalized spacial score (nSPS) is 12.4. The van der Waals surface area contributed by atoms with E-state index in [4.69, 9.17) is 0 Å². The number of rotatable bonds is 5. The van der Waals surface area contributed by atoms with Crippen LogP contribution in [0, 0.1) is 0 Å². The number of H-pyrrole nitrogens is 1. The van der Waals surface area contributed by atoms with Crippen molar-refractivity contribution in [2.24, 2.45) is 0 Å². The number of aromatic amines is 1. The van der Waals surface area contributed by atoms with E-state index in [-0.39, 0.29) is 22.9 Å². The Bertz CT molecular complexity index is 1000. The molecule has 3 aromatic rings. The van der Waals surface area contributed by atoms with E-state index in [9.17, 15) is 21.6 Å². The van der Waals surface area contributed by atoms with Crippen LogP contribution >= 0.6 is 0 Å². The fourth-order valence-corrected chi connectivity index (χ4v) is 3.32. The lowest BCUT2D eigenvalue weighted by Crippen LogP contribution is -2.24. The van der Waals surface area contributed by atoms with Gasteiger partial charge in [-0.05, 0) is 29.8 Å². The van der Waals surface area contributed by atoms with Gasteiger partial charge in [-0.1, -0.05) is 12.1 Å².